The average Bonchev–Trinajstić information content (AvgIpc) is 2.90. The maximum absolute atomic E-state index is 12.0. The van der Waals surface area contributed by atoms with Gasteiger partial charge < -0.3 is 0 Å². The van der Waals surface area contributed by atoms with Crippen molar-refractivity contribution in [1.82, 2.24) is 15.2 Å². The third-order valence-electron chi connectivity index (χ3n) is 1.86. The first-order valence-electron chi connectivity index (χ1n) is 4.68. The summed E-state index contributed by atoms with van der Waals surface area (Å²) < 4.78 is 27.3. The average molecular weight is 221 g/mol. The van der Waals surface area contributed by atoms with E-state index in [1.54, 1.807) is 15.2 Å². The summed E-state index contributed by atoms with van der Waals surface area (Å²) in [6.07, 6.45) is 0. The lowest BCUT2D eigenvalue weighted by molar-refractivity contribution is -0.0922. The van der Waals surface area contributed by atoms with E-state index in [4.69, 9.17) is 13.9 Å². The molecule has 0 spiro atoms. The molecule has 3 aliphatic rings. The molecule has 0 aromatic heterocycles. The lowest BCUT2D eigenvalue weighted by atomic mass is 11.0. The molecular formula is C6H12N3O4P. The normalized spacial score (nSPS) is 28.0. The van der Waals surface area contributed by atoms with Gasteiger partial charge in [0.15, 0.2) is 0 Å². The zero-order valence-electron chi connectivity index (χ0n) is 7.66. The number of phosphoric acid groups is 1. The van der Waals surface area contributed by atoms with E-state index in [9.17, 15) is 4.57 Å². The molecule has 0 aromatic carbocycles. The molecule has 0 bridgehead atoms. The highest BCUT2D eigenvalue weighted by Gasteiger charge is 2.43. The molecule has 3 saturated heterocycles. The molecule has 0 unspecified atom stereocenters. The Bertz CT molecular complexity index is 233. The molecule has 0 amide bonds. The Hall–Kier alpha value is -0.0100. The van der Waals surface area contributed by atoms with Crippen molar-refractivity contribution in [2.24, 2.45) is 0 Å². The van der Waals surface area contributed by atoms with Gasteiger partial charge in [0.05, 0.1) is 0 Å². The zero-order chi connectivity index (χ0) is 9.60. The molecular weight excluding hydrogens is 209 g/mol. The highest BCUT2D eigenvalue weighted by atomic mass is 31.2. The molecule has 0 aliphatic carbocycles. The molecule has 3 heterocycles. The fraction of sp³-hybridized carbons (Fsp3) is 1.00. The van der Waals surface area contributed by atoms with Crippen LogP contribution < -0.4 is 0 Å². The van der Waals surface area contributed by atoms with Crippen molar-refractivity contribution in [2.75, 3.05) is 39.3 Å². The van der Waals surface area contributed by atoms with Crippen LogP contribution >= 0.6 is 7.82 Å². The monoisotopic (exact) mass is 221 g/mol. The fourth-order valence-electron chi connectivity index (χ4n) is 0.836. The minimum atomic E-state index is -3.42. The molecule has 0 atom stereocenters. The highest BCUT2D eigenvalue weighted by Crippen LogP contribution is 2.54. The second-order valence-corrected chi connectivity index (χ2v) is 4.86. The Kier molecular flexibility index (Phi) is 2.14. The smallest absolute Gasteiger partial charge is 0.223 e. The van der Waals surface area contributed by atoms with Crippen LogP contribution in [-0.4, -0.2) is 54.5 Å². The third kappa shape index (κ3) is 2.52. The predicted molar refractivity (Wildman–Crippen MR) is 45.6 cm³/mol. The molecule has 0 aromatic rings. The van der Waals surface area contributed by atoms with Crippen LogP contribution in [0, 0.1) is 0 Å². The lowest BCUT2D eigenvalue weighted by Gasteiger charge is -2.16. The Morgan fingerprint density at radius 1 is 0.714 bits per heavy atom. The number of hydrogen-bond acceptors (Lipinski definition) is 7. The van der Waals surface area contributed by atoms with Crippen molar-refractivity contribution in [3.8, 4) is 0 Å². The van der Waals surface area contributed by atoms with Gasteiger partial charge in [-0.2, -0.15) is 29.1 Å². The topological polar surface area (TPSA) is 53.8 Å². The van der Waals surface area contributed by atoms with Crippen LogP contribution in [0.15, 0.2) is 0 Å². The summed E-state index contributed by atoms with van der Waals surface area (Å²) in [7, 11) is -3.42. The molecule has 80 valence electrons. The first kappa shape index (κ1) is 9.23. The Morgan fingerprint density at radius 2 is 1.00 bits per heavy atom. The van der Waals surface area contributed by atoms with Gasteiger partial charge in [0.25, 0.3) is 0 Å². The van der Waals surface area contributed by atoms with Crippen LogP contribution in [-0.2, 0) is 18.4 Å². The van der Waals surface area contributed by atoms with Gasteiger partial charge in [0, 0.05) is 39.3 Å². The standard InChI is InChI=1S/C6H12N3O4P/c10-14(11-7-1-2-7,12-8-3-4-8)13-9-5-6-9/h1-6H2. The fourth-order valence-corrected chi connectivity index (χ4v) is 2.26. The summed E-state index contributed by atoms with van der Waals surface area (Å²) in [5.41, 5.74) is 0. The van der Waals surface area contributed by atoms with Gasteiger partial charge in [-0.1, -0.05) is 0 Å². The molecule has 0 radical (unpaired) electrons. The van der Waals surface area contributed by atoms with Crippen LogP contribution in [0.4, 0.5) is 0 Å². The number of rotatable bonds is 6. The first-order valence-corrected chi connectivity index (χ1v) is 6.14. The van der Waals surface area contributed by atoms with Crippen molar-refractivity contribution in [3.05, 3.63) is 0 Å². The van der Waals surface area contributed by atoms with Crippen LogP contribution in [0.1, 0.15) is 0 Å². The predicted octanol–water partition coefficient (Wildman–Crippen LogP) is -0.164. The molecule has 3 rings (SSSR count). The third-order valence-corrected chi connectivity index (χ3v) is 3.16. The van der Waals surface area contributed by atoms with Crippen molar-refractivity contribution >= 4 is 7.82 Å². The minimum Gasteiger partial charge on any atom is -0.223 e. The van der Waals surface area contributed by atoms with Crippen LogP contribution in [0.3, 0.4) is 0 Å². The Morgan fingerprint density at radius 3 is 1.21 bits per heavy atom. The summed E-state index contributed by atoms with van der Waals surface area (Å²) in [5.74, 6) is 0. The lowest BCUT2D eigenvalue weighted by Crippen LogP contribution is -2.10. The quantitative estimate of drug-likeness (QED) is 0.456. The summed E-state index contributed by atoms with van der Waals surface area (Å²) in [6, 6.07) is 0. The van der Waals surface area contributed by atoms with Gasteiger partial charge in [-0.05, 0) is 0 Å². The van der Waals surface area contributed by atoms with Crippen molar-refractivity contribution in [3.63, 3.8) is 0 Å². The van der Waals surface area contributed by atoms with Gasteiger partial charge >= 0.3 is 7.82 Å². The van der Waals surface area contributed by atoms with E-state index in [2.05, 4.69) is 0 Å². The molecule has 0 N–H and O–H groups in total. The largest absolute Gasteiger partial charge is 0.525 e. The molecule has 8 heteroatoms. The van der Waals surface area contributed by atoms with Gasteiger partial charge in [0.2, 0.25) is 0 Å². The minimum absolute atomic E-state index is 0.788. The van der Waals surface area contributed by atoms with Crippen LogP contribution in [0.25, 0.3) is 0 Å². The van der Waals surface area contributed by atoms with Crippen LogP contribution in [0.5, 0.6) is 0 Å². The Balaban J connectivity index is 1.59. The van der Waals surface area contributed by atoms with E-state index in [-0.39, 0.29) is 0 Å². The second-order valence-electron chi connectivity index (χ2n) is 3.48. The maximum atomic E-state index is 12.0. The number of hydroxylamine groups is 6. The van der Waals surface area contributed by atoms with E-state index >= 15 is 0 Å². The molecule has 7 nitrogen and oxygen atoms in total. The van der Waals surface area contributed by atoms with Gasteiger partial charge in [-0.3, -0.25) is 0 Å². The summed E-state index contributed by atoms with van der Waals surface area (Å²) in [6.45, 7) is 4.73. The van der Waals surface area contributed by atoms with Crippen molar-refractivity contribution < 1.29 is 18.4 Å². The van der Waals surface area contributed by atoms with Crippen molar-refractivity contribution in [2.45, 2.75) is 0 Å². The SMILES string of the molecule is O=P(ON1CC1)(ON1CC1)ON1CC1. The molecule has 3 aliphatic heterocycles. The molecule has 3 fully saturated rings. The van der Waals surface area contributed by atoms with E-state index in [0.717, 1.165) is 39.3 Å². The Labute approximate surface area is 81.6 Å². The second kappa shape index (κ2) is 3.24. The van der Waals surface area contributed by atoms with Crippen molar-refractivity contribution in [1.29, 1.82) is 0 Å². The molecule has 0 saturated carbocycles. The summed E-state index contributed by atoms with van der Waals surface area (Å²) in [4.78, 5) is 0. The zero-order valence-corrected chi connectivity index (χ0v) is 8.56. The van der Waals surface area contributed by atoms with Gasteiger partial charge in [0.1, 0.15) is 0 Å². The van der Waals surface area contributed by atoms with E-state index in [1.807, 2.05) is 0 Å². The highest BCUT2D eigenvalue weighted by molar-refractivity contribution is 7.48. The van der Waals surface area contributed by atoms with E-state index in [0.29, 0.717) is 0 Å². The summed E-state index contributed by atoms with van der Waals surface area (Å²) in [5, 5.41) is 4.69. The van der Waals surface area contributed by atoms with Gasteiger partial charge in [-0.15, -0.1) is 0 Å². The van der Waals surface area contributed by atoms with Crippen LogP contribution in [0.2, 0.25) is 0 Å². The first-order chi connectivity index (χ1) is 6.73. The number of hydrogen-bond donors (Lipinski definition) is 0. The van der Waals surface area contributed by atoms with E-state index in [1.165, 1.54) is 0 Å². The molecule has 14 heavy (non-hydrogen) atoms. The van der Waals surface area contributed by atoms with Gasteiger partial charge in [-0.25, -0.2) is 4.57 Å². The summed E-state index contributed by atoms with van der Waals surface area (Å²) >= 11 is 0. The van der Waals surface area contributed by atoms with E-state index < -0.39 is 7.82 Å². The maximum Gasteiger partial charge on any atom is 0.525 e. The number of nitrogens with zero attached hydrogens (tertiary/aromatic N) is 3.